The monoisotopic (exact) mass is 242 g/mol. The second kappa shape index (κ2) is 8.90. The van der Waals surface area contributed by atoms with Crippen LogP contribution in [0.5, 0.6) is 0 Å². The largest absolute Gasteiger partial charge is 0.385 e. The summed E-state index contributed by atoms with van der Waals surface area (Å²) in [5.41, 5.74) is 0. The van der Waals surface area contributed by atoms with E-state index in [1.54, 1.807) is 7.11 Å². The summed E-state index contributed by atoms with van der Waals surface area (Å²) in [5.74, 6) is 0.770. The van der Waals surface area contributed by atoms with Crippen molar-refractivity contribution in [3.8, 4) is 0 Å². The molecule has 2 unspecified atom stereocenters. The van der Waals surface area contributed by atoms with E-state index in [1.165, 1.54) is 51.9 Å². The van der Waals surface area contributed by atoms with Gasteiger partial charge in [0, 0.05) is 26.3 Å². The van der Waals surface area contributed by atoms with Gasteiger partial charge in [-0.1, -0.05) is 13.8 Å². The first-order valence-electron chi connectivity index (χ1n) is 7.21. The Morgan fingerprint density at radius 2 is 2.18 bits per heavy atom. The van der Waals surface area contributed by atoms with E-state index < -0.39 is 0 Å². The quantitative estimate of drug-likeness (QED) is 0.722. The van der Waals surface area contributed by atoms with Gasteiger partial charge in [0.05, 0.1) is 0 Å². The first-order chi connectivity index (χ1) is 8.26. The Morgan fingerprint density at radius 3 is 2.88 bits per heavy atom. The Balaban J connectivity index is 2.26. The Morgan fingerprint density at radius 1 is 1.35 bits per heavy atom. The van der Waals surface area contributed by atoms with Crippen LogP contribution in [0, 0.1) is 5.92 Å². The number of unbranched alkanes of at least 4 members (excludes halogenated alkanes) is 1. The van der Waals surface area contributed by atoms with Crippen LogP contribution in [0.1, 0.15) is 39.5 Å². The van der Waals surface area contributed by atoms with E-state index in [1.807, 2.05) is 0 Å². The SMILES string of the molecule is CCC1CCN(CCCCOC)CC(C)CN1. The lowest BCUT2D eigenvalue weighted by molar-refractivity contribution is 0.169. The smallest absolute Gasteiger partial charge is 0.0462 e. The van der Waals surface area contributed by atoms with Gasteiger partial charge in [0.1, 0.15) is 0 Å². The molecule has 0 amide bonds. The molecule has 2 atom stereocenters. The maximum atomic E-state index is 5.10. The molecule has 1 aliphatic heterocycles. The molecule has 0 aromatic rings. The Labute approximate surface area is 107 Å². The number of ether oxygens (including phenoxy) is 1. The standard InChI is InChI=1S/C14H30N2O/c1-4-14-7-9-16(8-5-6-10-17-3)12-13(2)11-15-14/h13-15H,4-12H2,1-3H3. The average Bonchev–Trinajstić information content (AvgIpc) is 2.31. The molecular formula is C14H30N2O. The highest BCUT2D eigenvalue weighted by atomic mass is 16.5. The van der Waals surface area contributed by atoms with Crippen LogP contribution in [-0.4, -0.2) is 50.8 Å². The fourth-order valence-corrected chi connectivity index (χ4v) is 2.54. The maximum Gasteiger partial charge on any atom is 0.0462 e. The van der Waals surface area contributed by atoms with Crippen molar-refractivity contribution in [3.63, 3.8) is 0 Å². The van der Waals surface area contributed by atoms with Crippen LogP contribution in [-0.2, 0) is 4.74 Å². The second-order valence-corrected chi connectivity index (χ2v) is 5.41. The van der Waals surface area contributed by atoms with Crippen molar-refractivity contribution in [2.45, 2.75) is 45.6 Å². The number of nitrogens with zero attached hydrogens (tertiary/aromatic N) is 1. The predicted octanol–water partition coefficient (Wildman–Crippen LogP) is 2.12. The molecule has 0 aromatic carbocycles. The molecule has 17 heavy (non-hydrogen) atoms. The summed E-state index contributed by atoms with van der Waals surface area (Å²) in [4.78, 5) is 2.64. The fraction of sp³-hybridized carbons (Fsp3) is 1.00. The molecular weight excluding hydrogens is 212 g/mol. The highest BCUT2D eigenvalue weighted by molar-refractivity contribution is 4.75. The van der Waals surface area contributed by atoms with Crippen molar-refractivity contribution in [2.75, 3.05) is 39.9 Å². The van der Waals surface area contributed by atoms with E-state index >= 15 is 0 Å². The van der Waals surface area contributed by atoms with Gasteiger partial charge in [0.25, 0.3) is 0 Å². The molecule has 1 rings (SSSR count). The first kappa shape index (κ1) is 14.9. The number of rotatable bonds is 6. The maximum absolute atomic E-state index is 5.10. The van der Waals surface area contributed by atoms with Gasteiger partial charge in [-0.05, 0) is 51.2 Å². The lowest BCUT2D eigenvalue weighted by Crippen LogP contribution is -2.43. The third kappa shape index (κ3) is 6.39. The van der Waals surface area contributed by atoms with Crippen molar-refractivity contribution in [3.05, 3.63) is 0 Å². The van der Waals surface area contributed by atoms with Crippen molar-refractivity contribution < 1.29 is 4.74 Å². The van der Waals surface area contributed by atoms with E-state index in [4.69, 9.17) is 4.74 Å². The zero-order chi connectivity index (χ0) is 12.5. The zero-order valence-corrected chi connectivity index (χ0v) is 11.9. The van der Waals surface area contributed by atoms with E-state index in [0.29, 0.717) is 0 Å². The highest BCUT2D eigenvalue weighted by Crippen LogP contribution is 2.10. The second-order valence-electron chi connectivity index (χ2n) is 5.41. The molecule has 1 N–H and O–H groups in total. The summed E-state index contributed by atoms with van der Waals surface area (Å²) in [7, 11) is 1.79. The molecule has 1 fully saturated rings. The zero-order valence-electron chi connectivity index (χ0n) is 11.9. The molecule has 0 radical (unpaired) electrons. The topological polar surface area (TPSA) is 24.5 Å². The summed E-state index contributed by atoms with van der Waals surface area (Å²) < 4.78 is 5.10. The summed E-state index contributed by atoms with van der Waals surface area (Å²) in [6.45, 7) is 10.5. The predicted molar refractivity (Wildman–Crippen MR) is 73.4 cm³/mol. The van der Waals surface area contributed by atoms with Crippen LogP contribution >= 0.6 is 0 Å². The number of hydrogen-bond acceptors (Lipinski definition) is 3. The molecule has 102 valence electrons. The lowest BCUT2D eigenvalue weighted by Gasteiger charge is -2.32. The Bertz CT molecular complexity index is 187. The van der Waals surface area contributed by atoms with Crippen LogP contribution in [0.4, 0.5) is 0 Å². The minimum absolute atomic E-state index is 0.722. The van der Waals surface area contributed by atoms with Crippen LogP contribution in [0.15, 0.2) is 0 Å². The summed E-state index contributed by atoms with van der Waals surface area (Å²) in [6.07, 6.45) is 5.01. The Kier molecular flexibility index (Phi) is 7.82. The normalized spacial score (nSPS) is 27.7. The molecule has 0 aliphatic carbocycles. The van der Waals surface area contributed by atoms with Crippen molar-refractivity contribution in [2.24, 2.45) is 5.92 Å². The van der Waals surface area contributed by atoms with Gasteiger partial charge in [-0.25, -0.2) is 0 Å². The summed E-state index contributed by atoms with van der Waals surface area (Å²) in [5, 5.41) is 3.67. The molecule has 1 heterocycles. The number of methoxy groups -OCH3 is 1. The molecule has 0 aromatic heterocycles. The van der Waals surface area contributed by atoms with E-state index in [2.05, 4.69) is 24.1 Å². The number of hydrogen-bond donors (Lipinski definition) is 1. The van der Waals surface area contributed by atoms with Crippen molar-refractivity contribution in [1.29, 1.82) is 0 Å². The molecule has 0 saturated carbocycles. The number of nitrogens with one attached hydrogen (secondary N) is 1. The minimum atomic E-state index is 0.722. The highest BCUT2D eigenvalue weighted by Gasteiger charge is 2.17. The van der Waals surface area contributed by atoms with Gasteiger partial charge in [0.2, 0.25) is 0 Å². The molecule has 1 saturated heterocycles. The third-order valence-corrected chi connectivity index (χ3v) is 3.68. The molecule has 0 spiro atoms. The molecule has 3 nitrogen and oxygen atoms in total. The van der Waals surface area contributed by atoms with Crippen LogP contribution in [0.3, 0.4) is 0 Å². The van der Waals surface area contributed by atoms with E-state index in [0.717, 1.165) is 18.6 Å². The van der Waals surface area contributed by atoms with Crippen LogP contribution in [0.25, 0.3) is 0 Å². The minimum Gasteiger partial charge on any atom is -0.385 e. The van der Waals surface area contributed by atoms with Gasteiger partial charge < -0.3 is 15.0 Å². The van der Waals surface area contributed by atoms with E-state index in [9.17, 15) is 0 Å². The molecule has 0 bridgehead atoms. The first-order valence-corrected chi connectivity index (χ1v) is 7.21. The summed E-state index contributed by atoms with van der Waals surface area (Å²) >= 11 is 0. The average molecular weight is 242 g/mol. The molecule has 3 heteroatoms. The van der Waals surface area contributed by atoms with Crippen LogP contribution in [0.2, 0.25) is 0 Å². The van der Waals surface area contributed by atoms with E-state index in [-0.39, 0.29) is 0 Å². The Hall–Kier alpha value is -0.120. The van der Waals surface area contributed by atoms with Crippen LogP contribution < -0.4 is 5.32 Å². The van der Waals surface area contributed by atoms with Gasteiger partial charge in [-0.3, -0.25) is 0 Å². The lowest BCUT2D eigenvalue weighted by atomic mass is 10.0. The molecule has 1 aliphatic rings. The van der Waals surface area contributed by atoms with Crippen molar-refractivity contribution >= 4 is 0 Å². The fourth-order valence-electron chi connectivity index (χ4n) is 2.54. The third-order valence-electron chi connectivity index (χ3n) is 3.68. The van der Waals surface area contributed by atoms with Gasteiger partial charge in [-0.15, -0.1) is 0 Å². The van der Waals surface area contributed by atoms with Gasteiger partial charge in [0.15, 0.2) is 0 Å². The van der Waals surface area contributed by atoms with Crippen molar-refractivity contribution in [1.82, 2.24) is 10.2 Å². The summed E-state index contributed by atoms with van der Waals surface area (Å²) in [6, 6.07) is 0.722. The van der Waals surface area contributed by atoms with Gasteiger partial charge in [-0.2, -0.15) is 0 Å². The van der Waals surface area contributed by atoms with Gasteiger partial charge >= 0.3 is 0 Å².